The van der Waals surface area contributed by atoms with Crippen molar-refractivity contribution < 1.29 is 9.84 Å². The van der Waals surface area contributed by atoms with E-state index in [-0.39, 0.29) is 0 Å². The van der Waals surface area contributed by atoms with Gasteiger partial charge in [-0.25, -0.2) is 0 Å². The van der Waals surface area contributed by atoms with Gasteiger partial charge in [0.15, 0.2) is 0 Å². The fourth-order valence-electron chi connectivity index (χ4n) is 3.40. The summed E-state index contributed by atoms with van der Waals surface area (Å²) in [5, 5.41) is 10.7. The zero-order chi connectivity index (χ0) is 14.7. The molecule has 1 atom stereocenters. The molecule has 0 spiro atoms. The lowest BCUT2D eigenvalue weighted by Gasteiger charge is -2.26. The van der Waals surface area contributed by atoms with Crippen LogP contribution in [0.1, 0.15) is 61.3 Å². The van der Waals surface area contributed by atoms with Crippen molar-refractivity contribution in [3.8, 4) is 5.75 Å². The number of methoxy groups -OCH3 is 1. The highest BCUT2D eigenvalue weighted by atomic mass is 79.9. The highest BCUT2D eigenvalue weighted by molar-refractivity contribution is 9.10. The van der Waals surface area contributed by atoms with Gasteiger partial charge in [-0.15, -0.1) is 0 Å². The molecule has 0 radical (unpaired) electrons. The van der Waals surface area contributed by atoms with Crippen LogP contribution in [-0.2, 0) is 0 Å². The summed E-state index contributed by atoms with van der Waals surface area (Å²) < 4.78 is 6.59. The van der Waals surface area contributed by atoms with E-state index in [9.17, 15) is 5.11 Å². The molecule has 1 aromatic carbocycles. The maximum Gasteiger partial charge on any atom is 0.127 e. The Balaban J connectivity index is 2.25. The molecule has 1 unspecified atom stereocenters. The molecule has 0 amide bonds. The monoisotopic (exact) mass is 340 g/mol. The van der Waals surface area contributed by atoms with Crippen molar-refractivity contribution >= 4 is 15.9 Å². The van der Waals surface area contributed by atoms with E-state index in [1.165, 1.54) is 32.1 Å². The largest absolute Gasteiger partial charge is 0.496 e. The summed E-state index contributed by atoms with van der Waals surface area (Å²) in [5.41, 5.74) is 3.13. The fraction of sp³-hybridized carbons (Fsp3) is 0.647. The average molecular weight is 341 g/mol. The van der Waals surface area contributed by atoms with Crippen molar-refractivity contribution in [3.63, 3.8) is 0 Å². The Morgan fingerprint density at radius 1 is 1.30 bits per heavy atom. The van der Waals surface area contributed by atoms with Gasteiger partial charge < -0.3 is 9.84 Å². The first-order valence-corrected chi connectivity index (χ1v) is 8.35. The molecule has 20 heavy (non-hydrogen) atoms. The van der Waals surface area contributed by atoms with E-state index in [0.29, 0.717) is 5.92 Å². The molecule has 2 nitrogen and oxygen atoms in total. The van der Waals surface area contributed by atoms with Gasteiger partial charge in [-0.05, 0) is 43.4 Å². The van der Waals surface area contributed by atoms with Crippen LogP contribution in [0, 0.1) is 19.8 Å². The Bertz CT molecular complexity index is 465. The Labute approximate surface area is 130 Å². The zero-order valence-corrected chi connectivity index (χ0v) is 14.3. The Hall–Kier alpha value is -0.540. The van der Waals surface area contributed by atoms with Crippen LogP contribution in [0.5, 0.6) is 5.75 Å². The molecule has 1 saturated carbocycles. The normalized spacial score (nSPS) is 18.1. The van der Waals surface area contributed by atoms with Gasteiger partial charge in [0.1, 0.15) is 5.75 Å². The predicted octanol–water partition coefficient (Wildman–Crippen LogP) is 5.08. The van der Waals surface area contributed by atoms with Gasteiger partial charge in [-0.3, -0.25) is 0 Å². The first-order valence-electron chi connectivity index (χ1n) is 7.56. The minimum atomic E-state index is -0.427. The van der Waals surface area contributed by atoms with Crippen LogP contribution in [0.2, 0.25) is 0 Å². The molecule has 3 heteroatoms. The average Bonchev–Trinajstić information content (AvgIpc) is 2.43. The van der Waals surface area contributed by atoms with E-state index in [4.69, 9.17) is 4.74 Å². The maximum atomic E-state index is 10.7. The maximum absolute atomic E-state index is 10.7. The molecule has 0 aromatic heterocycles. The van der Waals surface area contributed by atoms with E-state index >= 15 is 0 Å². The quantitative estimate of drug-likeness (QED) is 0.828. The summed E-state index contributed by atoms with van der Waals surface area (Å²) in [6.07, 6.45) is 6.91. The Morgan fingerprint density at radius 3 is 2.55 bits per heavy atom. The molecule has 1 aliphatic carbocycles. The van der Waals surface area contributed by atoms with Crippen molar-refractivity contribution in [2.75, 3.05) is 7.11 Å². The van der Waals surface area contributed by atoms with Crippen LogP contribution < -0.4 is 4.74 Å². The van der Waals surface area contributed by atoms with E-state index < -0.39 is 6.10 Å². The minimum absolute atomic E-state index is 0.427. The first-order chi connectivity index (χ1) is 9.54. The summed E-state index contributed by atoms with van der Waals surface area (Å²) in [6, 6.07) is 2.06. The predicted molar refractivity (Wildman–Crippen MR) is 86.3 cm³/mol. The molecular weight excluding hydrogens is 316 g/mol. The summed E-state index contributed by atoms with van der Waals surface area (Å²) in [5.74, 6) is 1.50. The number of aliphatic hydroxyl groups excluding tert-OH is 1. The number of hydrogen-bond acceptors (Lipinski definition) is 2. The van der Waals surface area contributed by atoms with Crippen LogP contribution in [0.4, 0.5) is 0 Å². The minimum Gasteiger partial charge on any atom is -0.496 e. The molecule has 0 heterocycles. The molecule has 1 aromatic rings. The van der Waals surface area contributed by atoms with Crippen molar-refractivity contribution in [2.45, 2.75) is 58.5 Å². The van der Waals surface area contributed by atoms with Crippen LogP contribution in [0.15, 0.2) is 10.5 Å². The lowest BCUT2D eigenvalue weighted by atomic mass is 9.83. The molecule has 0 saturated heterocycles. The summed E-state index contributed by atoms with van der Waals surface area (Å²) in [7, 11) is 1.69. The number of aliphatic hydroxyl groups is 1. The van der Waals surface area contributed by atoms with Gasteiger partial charge in [-0.1, -0.05) is 48.0 Å². The van der Waals surface area contributed by atoms with Crippen molar-refractivity contribution in [1.82, 2.24) is 0 Å². The van der Waals surface area contributed by atoms with E-state index in [1.54, 1.807) is 7.11 Å². The second-order valence-corrected chi connectivity index (χ2v) is 6.86. The van der Waals surface area contributed by atoms with Gasteiger partial charge in [0.25, 0.3) is 0 Å². The third-order valence-electron chi connectivity index (χ3n) is 4.53. The highest BCUT2D eigenvalue weighted by Crippen LogP contribution is 2.40. The van der Waals surface area contributed by atoms with Crippen molar-refractivity contribution in [3.05, 3.63) is 27.2 Å². The first kappa shape index (κ1) is 15.8. The summed E-state index contributed by atoms with van der Waals surface area (Å²) in [6.45, 7) is 4.07. The molecule has 0 bridgehead atoms. The number of benzene rings is 1. The van der Waals surface area contributed by atoms with Crippen LogP contribution in [-0.4, -0.2) is 12.2 Å². The van der Waals surface area contributed by atoms with Gasteiger partial charge in [-0.2, -0.15) is 0 Å². The summed E-state index contributed by atoms with van der Waals surface area (Å²) >= 11 is 3.59. The van der Waals surface area contributed by atoms with E-state index in [0.717, 1.165) is 33.3 Å². The van der Waals surface area contributed by atoms with Gasteiger partial charge in [0.2, 0.25) is 0 Å². The van der Waals surface area contributed by atoms with E-state index in [2.05, 4.69) is 22.0 Å². The summed E-state index contributed by atoms with van der Waals surface area (Å²) in [4.78, 5) is 0. The molecule has 112 valence electrons. The third-order valence-corrected chi connectivity index (χ3v) is 5.35. The second kappa shape index (κ2) is 6.95. The molecule has 1 aliphatic rings. The number of halogens is 1. The second-order valence-electron chi connectivity index (χ2n) is 6.00. The lowest BCUT2D eigenvalue weighted by Crippen LogP contribution is -2.13. The van der Waals surface area contributed by atoms with Gasteiger partial charge in [0, 0.05) is 10.0 Å². The third kappa shape index (κ3) is 3.37. The molecule has 1 fully saturated rings. The molecule has 0 aliphatic heterocycles. The van der Waals surface area contributed by atoms with Crippen LogP contribution >= 0.6 is 15.9 Å². The van der Waals surface area contributed by atoms with Gasteiger partial charge >= 0.3 is 0 Å². The van der Waals surface area contributed by atoms with Gasteiger partial charge in [0.05, 0.1) is 13.2 Å². The van der Waals surface area contributed by atoms with E-state index in [1.807, 2.05) is 13.8 Å². The Kier molecular flexibility index (Phi) is 5.50. The topological polar surface area (TPSA) is 29.5 Å². The lowest BCUT2D eigenvalue weighted by molar-refractivity contribution is 0.127. The number of hydrogen-bond donors (Lipinski definition) is 1. The van der Waals surface area contributed by atoms with Crippen LogP contribution in [0.3, 0.4) is 0 Å². The molecule has 2 rings (SSSR count). The fourth-order valence-corrected chi connectivity index (χ4v) is 3.96. The SMILES string of the molecule is COc1c(C)cc(Br)c(C)c1C(O)CC1CCCCC1. The van der Waals surface area contributed by atoms with Crippen LogP contribution in [0.25, 0.3) is 0 Å². The number of aryl methyl sites for hydroxylation is 1. The van der Waals surface area contributed by atoms with Crippen molar-refractivity contribution in [2.24, 2.45) is 5.92 Å². The highest BCUT2D eigenvalue weighted by Gasteiger charge is 2.24. The van der Waals surface area contributed by atoms with Crippen molar-refractivity contribution in [1.29, 1.82) is 0 Å². The number of ether oxygens (including phenoxy) is 1. The smallest absolute Gasteiger partial charge is 0.127 e. The standard InChI is InChI=1S/C17H25BrO2/c1-11-9-14(18)12(2)16(17(11)20-3)15(19)10-13-7-5-4-6-8-13/h9,13,15,19H,4-8,10H2,1-3H3. The zero-order valence-electron chi connectivity index (χ0n) is 12.7. The Morgan fingerprint density at radius 2 is 1.95 bits per heavy atom. The molecular formula is C17H25BrO2. The number of rotatable bonds is 4. The molecule has 1 N–H and O–H groups in total.